The Morgan fingerprint density at radius 1 is 1.00 bits per heavy atom. The van der Waals surface area contributed by atoms with Crippen LogP contribution in [-0.2, 0) is 20.8 Å². The Hall–Kier alpha value is -3.35. The molecule has 3 rings (SSSR count). The van der Waals surface area contributed by atoms with Crippen molar-refractivity contribution >= 4 is 23.4 Å². The molecule has 29 heavy (non-hydrogen) atoms. The van der Waals surface area contributed by atoms with Crippen LogP contribution in [0.15, 0.2) is 48.5 Å². The van der Waals surface area contributed by atoms with Crippen molar-refractivity contribution in [3.63, 3.8) is 0 Å². The number of amides is 3. The lowest BCUT2D eigenvalue weighted by Crippen LogP contribution is -2.45. The molecule has 0 spiro atoms. The van der Waals surface area contributed by atoms with Crippen molar-refractivity contribution in [2.24, 2.45) is 0 Å². The summed E-state index contributed by atoms with van der Waals surface area (Å²) in [6.07, 6.45) is 0.553. The smallest absolute Gasteiger partial charge is 0.257 e. The monoisotopic (exact) mass is 396 g/mol. The number of methoxy groups -OCH3 is 2. The summed E-state index contributed by atoms with van der Waals surface area (Å²) in [5, 5.41) is 0. The molecule has 2 aromatic rings. The third kappa shape index (κ3) is 4.39. The second-order valence-electron chi connectivity index (χ2n) is 6.80. The van der Waals surface area contributed by atoms with Gasteiger partial charge in [-0.1, -0.05) is 12.1 Å². The highest BCUT2D eigenvalue weighted by Gasteiger charge is 2.43. The highest BCUT2D eigenvalue weighted by atomic mass is 16.5. The van der Waals surface area contributed by atoms with Gasteiger partial charge in [-0.15, -0.1) is 0 Å². The number of nitrogens with zero attached hydrogens (tertiary/aromatic N) is 2. The van der Waals surface area contributed by atoms with Crippen molar-refractivity contribution in [3.8, 4) is 11.5 Å². The summed E-state index contributed by atoms with van der Waals surface area (Å²) in [5.41, 5.74) is 1.49. The summed E-state index contributed by atoms with van der Waals surface area (Å²) in [5.74, 6) is 0.449. The standard InChI is InChI=1S/C22H24N2O5/c1-15(25)23(13-12-16-4-8-18(28-2)9-5-16)20-14-21(26)24(22(20)27)17-6-10-19(29-3)11-7-17/h4-11,20H,12-14H2,1-3H3/t20-/m1/s1. The third-order valence-corrected chi connectivity index (χ3v) is 5.03. The molecule has 0 N–H and O–H groups in total. The molecule has 0 saturated carbocycles. The van der Waals surface area contributed by atoms with Gasteiger partial charge in [0, 0.05) is 13.5 Å². The summed E-state index contributed by atoms with van der Waals surface area (Å²) >= 11 is 0. The molecular formula is C22H24N2O5. The molecule has 7 nitrogen and oxygen atoms in total. The van der Waals surface area contributed by atoms with Crippen LogP contribution in [0, 0.1) is 0 Å². The van der Waals surface area contributed by atoms with E-state index in [1.54, 1.807) is 38.5 Å². The third-order valence-electron chi connectivity index (χ3n) is 5.03. The van der Waals surface area contributed by atoms with Gasteiger partial charge < -0.3 is 14.4 Å². The van der Waals surface area contributed by atoms with Crippen molar-refractivity contribution in [3.05, 3.63) is 54.1 Å². The first-order valence-electron chi connectivity index (χ1n) is 9.35. The molecule has 2 aromatic carbocycles. The lowest BCUT2D eigenvalue weighted by Gasteiger charge is -2.26. The Balaban J connectivity index is 1.74. The van der Waals surface area contributed by atoms with Gasteiger partial charge in [-0.25, -0.2) is 4.90 Å². The van der Waals surface area contributed by atoms with Gasteiger partial charge in [0.1, 0.15) is 17.5 Å². The van der Waals surface area contributed by atoms with Crippen LogP contribution >= 0.6 is 0 Å². The highest BCUT2D eigenvalue weighted by molar-refractivity contribution is 6.23. The molecule has 0 aliphatic carbocycles. The van der Waals surface area contributed by atoms with E-state index in [0.717, 1.165) is 16.2 Å². The van der Waals surface area contributed by atoms with E-state index in [2.05, 4.69) is 0 Å². The number of hydrogen-bond donors (Lipinski definition) is 0. The molecule has 0 aromatic heterocycles. The van der Waals surface area contributed by atoms with Crippen molar-refractivity contribution < 1.29 is 23.9 Å². The van der Waals surface area contributed by atoms with Gasteiger partial charge in [-0.05, 0) is 48.4 Å². The largest absolute Gasteiger partial charge is 0.497 e. The van der Waals surface area contributed by atoms with Crippen molar-refractivity contribution in [1.29, 1.82) is 0 Å². The molecule has 7 heteroatoms. The van der Waals surface area contributed by atoms with Crippen LogP contribution in [0.5, 0.6) is 11.5 Å². The van der Waals surface area contributed by atoms with Gasteiger partial charge >= 0.3 is 0 Å². The lowest BCUT2D eigenvalue weighted by molar-refractivity contribution is -0.136. The van der Waals surface area contributed by atoms with E-state index in [1.807, 2.05) is 24.3 Å². The molecule has 1 saturated heterocycles. The second-order valence-corrected chi connectivity index (χ2v) is 6.80. The van der Waals surface area contributed by atoms with E-state index in [9.17, 15) is 14.4 Å². The number of ether oxygens (including phenoxy) is 2. The maximum Gasteiger partial charge on any atom is 0.257 e. The zero-order chi connectivity index (χ0) is 21.0. The fourth-order valence-electron chi connectivity index (χ4n) is 3.44. The maximum atomic E-state index is 13.0. The van der Waals surface area contributed by atoms with Crippen molar-refractivity contribution in [1.82, 2.24) is 4.90 Å². The fraction of sp³-hybridized carbons (Fsp3) is 0.318. The van der Waals surface area contributed by atoms with E-state index >= 15 is 0 Å². The Morgan fingerprint density at radius 2 is 1.55 bits per heavy atom. The summed E-state index contributed by atoms with van der Waals surface area (Å²) < 4.78 is 10.3. The van der Waals surface area contributed by atoms with E-state index in [-0.39, 0.29) is 24.1 Å². The maximum absolute atomic E-state index is 13.0. The predicted molar refractivity (Wildman–Crippen MR) is 108 cm³/mol. The number of hydrogen-bond acceptors (Lipinski definition) is 5. The molecule has 0 bridgehead atoms. The van der Waals surface area contributed by atoms with E-state index < -0.39 is 6.04 Å². The summed E-state index contributed by atoms with van der Waals surface area (Å²) in [6, 6.07) is 13.4. The molecule has 0 unspecified atom stereocenters. The number of rotatable bonds is 7. The number of carbonyl (C=O) groups is 3. The van der Waals surface area contributed by atoms with Crippen molar-refractivity contribution in [2.45, 2.75) is 25.8 Å². The number of anilines is 1. The Bertz CT molecular complexity index is 892. The molecule has 1 atom stereocenters. The van der Waals surface area contributed by atoms with Crippen LogP contribution in [0.4, 0.5) is 5.69 Å². The zero-order valence-electron chi connectivity index (χ0n) is 16.8. The Morgan fingerprint density at radius 3 is 2.07 bits per heavy atom. The highest BCUT2D eigenvalue weighted by Crippen LogP contribution is 2.27. The van der Waals surface area contributed by atoms with Crippen LogP contribution in [0.25, 0.3) is 0 Å². The Labute approximate surface area is 169 Å². The van der Waals surface area contributed by atoms with E-state index in [0.29, 0.717) is 24.4 Å². The fourth-order valence-corrected chi connectivity index (χ4v) is 3.44. The van der Waals surface area contributed by atoms with Gasteiger partial charge in [0.2, 0.25) is 11.8 Å². The molecule has 152 valence electrons. The first-order chi connectivity index (χ1) is 13.9. The molecule has 0 radical (unpaired) electrons. The van der Waals surface area contributed by atoms with Crippen LogP contribution in [0.1, 0.15) is 18.9 Å². The molecule has 1 aliphatic heterocycles. The van der Waals surface area contributed by atoms with E-state index in [4.69, 9.17) is 9.47 Å². The zero-order valence-corrected chi connectivity index (χ0v) is 16.8. The second kappa shape index (κ2) is 8.77. The molecule has 1 heterocycles. The quantitative estimate of drug-likeness (QED) is 0.672. The normalized spacial score (nSPS) is 16.1. The lowest BCUT2D eigenvalue weighted by atomic mass is 10.1. The minimum Gasteiger partial charge on any atom is -0.497 e. The summed E-state index contributed by atoms with van der Waals surface area (Å²) in [6.45, 7) is 1.77. The van der Waals surface area contributed by atoms with Gasteiger partial charge in [0.15, 0.2) is 0 Å². The molecule has 3 amide bonds. The number of imide groups is 1. The topological polar surface area (TPSA) is 76.2 Å². The molecule has 1 fully saturated rings. The first-order valence-corrected chi connectivity index (χ1v) is 9.35. The van der Waals surface area contributed by atoms with Crippen LogP contribution < -0.4 is 14.4 Å². The van der Waals surface area contributed by atoms with Gasteiger partial charge in [0.05, 0.1) is 26.3 Å². The summed E-state index contributed by atoms with van der Waals surface area (Å²) in [4.78, 5) is 40.4. The minimum atomic E-state index is -0.791. The number of carbonyl (C=O) groups excluding carboxylic acids is 3. The van der Waals surface area contributed by atoms with Crippen molar-refractivity contribution in [2.75, 3.05) is 25.7 Å². The van der Waals surface area contributed by atoms with Gasteiger partial charge in [-0.3, -0.25) is 14.4 Å². The van der Waals surface area contributed by atoms with Gasteiger partial charge in [0.25, 0.3) is 5.91 Å². The average molecular weight is 396 g/mol. The molecule has 1 aliphatic rings. The van der Waals surface area contributed by atoms with Crippen LogP contribution in [0.3, 0.4) is 0 Å². The van der Waals surface area contributed by atoms with Crippen LogP contribution in [-0.4, -0.2) is 49.4 Å². The van der Waals surface area contributed by atoms with Crippen LogP contribution in [0.2, 0.25) is 0 Å². The molecular weight excluding hydrogens is 372 g/mol. The first kappa shape index (κ1) is 20.4. The predicted octanol–water partition coefficient (Wildman–Crippen LogP) is 2.43. The Kier molecular flexibility index (Phi) is 6.16. The minimum absolute atomic E-state index is 0.0208. The van der Waals surface area contributed by atoms with E-state index in [1.165, 1.54) is 11.8 Å². The summed E-state index contributed by atoms with van der Waals surface area (Å²) in [7, 11) is 3.15. The SMILES string of the molecule is COc1ccc(CCN(C(C)=O)[C@@H]2CC(=O)N(c3ccc(OC)cc3)C2=O)cc1. The van der Waals surface area contributed by atoms with Gasteiger partial charge in [-0.2, -0.15) is 0 Å². The average Bonchev–Trinajstić information content (AvgIpc) is 3.02. The number of benzene rings is 2.